The van der Waals surface area contributed by atoms with Gasteiger partial charge in [-0.1, -0.05) is 5.21 Å². The molecule has 1 saturated heterocycles. The minimum absolute atomic E-state index is 0.198. The highest BCUT2D eigenvalue weighted by atomic mass is 16.2. The Morgan fingerprint density at radius 3 is 3.19 bits per heavy atom. The molecule has 1 aliphatic heterocycles. The predicted octanol–water partition coefficient (Wildman–Crippen LogP) is -0.511. The second-order valence-electron chi connectivity index (χ2n) is 4.11. The molecule has 6 nitrogen and oxygen atoms in total. The summed E-state index contributed by atoms with van der Waals surface area (Å²) in [5.74, 6) is 0.198. The summed E-state index contributed by atoms with van der Waals surface area (Å²) in [7, 11) is 0. The molecule has 0 unspecified atom stereocenters. The number of nitrogens with one attached hydrogen (secondary N) is 1. The minimum Gasteiger partial charge on any atom is -0.340 e. The van der Waals surface area contributed by atoms with Gasteiger partial charge in [-0.25, -0.2) is 0 Å². The fraction of sp³-hybridized carbons (Fsp3) is 0.700. The van der Waals surface area contributed by atoms with Crippen molar-refractivity contribution in [1.82, 2.24) is 25.2 Å². The molecule has 1 aliphatic rings. The highest BCUT2D eigenvalue weighted by Crippen LogP contribution is 2.02. The number of aryl methyl sites for hydroxylation is 1. The SMILES string of the molecule is C[C@@H]1CN(C(=O)CCn2ccnn2)CCN1. The molecule has 1 amide bonds. The van der Waals surface area contributed by atoms with Crippen molar-refractivity contribution in [1.29, 1.82) is 0 Å². The Morgan fingerprint density at radius 1 is 1.62 bits per heavy atom. The fourth-order valence-electron chi connectivity index (χ4n) is 1.88. The van der Waals surface area contributed by atoms with Gasteiger partial charge in [0, 0.05) is 38.3 Å². The molecule has 0 bridgehead atoms. The zero-order valence-corrected chi connectivity index (χ0v) is 9.46. The van der Waals surface area contributed by atoms with Gasteiger partial charge in [0.1, 0.15) is 0 Å². The first-order valence-corrected chi connectivity index (χ1v) is 5.61. The van der Waals surface area contributed by atoms with Crippen LogP contribution in [0.1, 0.15) is 13.3 Å². The summed E-state index contributed by atoms with van der Waals surface area (Å²) in [6, 6.07) is 0.393. The molecule has 2 heterocycles. The molecule has 0 saturated carbocycles. The lowest BCUT2D eigenvalue weighted by Gasteiger charge is -2.31. The molecule has 6 heteroatoms. The van der Waals surface area contributed by atoms with Crippen molar-refractivity contribution in [2.45, 2.75) is 25.9 Å². The number of carbonyl (C=O) groups excluding carboxylic acids is 1. The third-order valence-corrected chi connectivity index (χ3v) is 2.75. The second kappa shape index (κ2) is 5.07. The molecule has 0 spiro atoms. The Kier molecular flexibility index (Phi) is 3.51. The van der Waals surface area contributed by atoms with Crippen molar-refractivity contribution in [2.75, 3.05) is 19.6 Å². The third kappa shape index (κ3) is 2.79. The zero-order chi connectivity index (χ0) is 11.4. The first-order chi connectivity index (χ1) is 7.75. The highest BCUT2D eigenvalue weighted by Gasteiger charge is 2.19. The molecule has 0 aromatic carbocycles. The van der Waals surface area contributed by atoms with Crippen LogP contribution in [-0.4, -0.2) is 51.5 Å². The van der Waals surface area contributed by atoms with Crippen molar-refractivity contribution in [3.05, 3.63) is 12.4 Å². The molecule has 88 valence electrons. The lowest BCUT2D eigenvalue weighted by Crippen LogP contribution is -2.51. The van der Waals surface area contributed by atoms with E-state index in [2.05, 4.69) is 22.6 Å². The van der Waals surface area contributed by atoms with E-state index in [4.69, 9.17) is 0 Å². The van der Waals surface area contributed by atoms with Gasteiger partial charge >= 0.3 is 0 Å². The van der Waals surface area contributed by atoms with Crippen LogP contribution in [0.25, 0.3) is 0 Å². The highest BCUT2D eigenvalue weighted by molar-refractivity contribution is 5.76. The van der Waals surface area contributed by atoms with Gasteiger partial charge in [0.15, 0.2) is 0 Å². The molecular weight excluding hydrogens is 206 g/mol. The topological polar surface area (TPSA) is 63.1 Å². The van der Waals surface area contributed by atoms with Gasteiger partial charge in [-0.3, -0.25) is 9.48 Å². The molecule has 0 radical (unpaired) electrons. The average molecular weight is 223 g/mol. The van der Waals surface area contributed by atoms with E-state index in [1.54, 1.807) is 17.1 Å². The van der Waals surface area contributed by atoms with Crippen LogP contribution in [0.4, 0.5) is 0 Å². The first kappa shape index (κ1) is 11.1. The summed E-state index contributed by atoms with van der Waals surface area (Å²) in [6.45, 7) is 5.20. The number of hydrogen-bond acceptors (Lipinski definition) is 4. The zero-order valence-electron chi connectivity index (χ0n) is 9.46. The van der Waals surface area contributed by atoms with Crippen LogP contribution in [0.2, 0.25) is 0 Å². The second-order valence-corrected chi connectivity index (χ2v) is 4.11. The molecular formula is C10H17N5O. The van der Waals surface area contributed by atoms with E-state index in [-0.39, 0.29) is 5.91 Å². The maximum atomic E-state index is 11.9. The molecule has 1 aromatic heterocycles. The Balaban J connectivity index is 1.79. The number of hydrogen-bond donors (Lipinski definition) is 1. The van der Waals surface area contributed by atoms with E-state index >= 15 is 0 Å². The maximum Gasteiger partial charge on any atom is 0.224 e. The minimum atomic E-state index is 0.198. The number of piperazine rings is 1. The predicted molar refractivity (Wildman–Crippen MR) is 58.7 cm³/mol. The van der Waals surface area contributed by atoms with Crippen LogP contribution < -0.4 is 5.32 Å². The molecule has 16 heavy (non-hydrogen) atoms. The molecule has 1 fully saturated rings. The number of aromatic nitrogens is 3. The smallest absolute Gasteiger partial charge is 0.224 e. The normalized spacial score (nSPS) is 21.1. The number of nitrogens with zero attached hydrogens (tertiary/aromatic N) is 4. The molecule has 1 aromatic rings. The van der Waals surface area contributed by atoms with Crippen molar-refractivity contribution in [3.63, 3.8) is 0 Å². The van der Waals surface area contributed by atoms with E-state index in [9.17, 15) is 4.79 Å². The van der Waals surface area contributed by atoms with E-state index < -0.39 is 0 Å². The van der Waals surface area contributed by atoms with Gasteiger partial charge in [0.2, 0.25) is 5.91 Å². The number of rotatable bonds is 3. The largest absolute Gasteiger partial charge is 0.340 e. The van der Waals surface area contributed by atoms with E-state index in [1.165, 1.54) is 0 Å². The van der Waals surface area contributed by atoms with Crippen molar-refractivity contribution in [3.8, 4) is 0 Å². The Bertz CT molecular complexity index is 337. The van der Waals surface area contributed by atoms with Crippen LogP contribution in [0.3, 0.4) is 0 Å². The Hall–Kier alpha value is -1.43. The van der Waals surface area contributed by atoms with Crippen LogP contribution >= 0.6 is 0 Å². The average Bonchev–Trinajstić information content (AvgIpc) is 2.78. The van der Waals surface area contributed by atoms with Gasteiger partial charge in [0.05, 0.1) is 12.7 Å². The van der Waals surface area contributed by atoms with Crippen LogP contribution in [-0.2, 0) is 11.3 Å². The van der Waals surface area contributed by atoms with Gasteiger partial charge in [-0.15, -0.1) is 5.10 Å². The summed E-state index contributed by atoms with van der Waals surface area (Å²) >= 11 is 0. The molecule has 0 aliphatic carbocycles. The molecule has 1 atom stereocenters. The Labute approximate surface area is 94.6 Å². The van der Waals surface area contributed by atoms with Crippen LogP contribution in [0, 0.1) is 0 Å². The van der Waals surface area contributed by atoms with Crippen molar-refractivity contribution >= 4 is 5.91 Å². The first-order valence-electron chi connectivity index (χ1n) is 5.61. The lowest BCUT2D eigenvalue weighted by molar-refractivity contribution is -0.132. The maximum absolute atomic E-state index is 11.9. The fourth-order valence-corrected chi connectivity index (χ4v) is 1.88. The standard InChI is InChI=1S/C10H17N5O/c1-9-8-14(6-3-11-9)10(16)2-5-15-7-4-12-13-15/h4,7,9,11H,2-3,5-6,8H2,1H3/t9-/m1/s1. The lowest BCUT2D eigenvalue weighted by atomic mass is 10.2. The van der Waals surface area contributed by atoms with Gasteiger partial charge in [0.25, 0.3) is 0 Å². The van der Waals surface area contributed by atoms with E-state index in [0.717, 1.165) is 19.6 Å². The summed E-state index contributed by atoms with van der Waals surface area (Å²) in [5.41, 5.74) is 0. The van der Waals surface area contributed by atoms with Gasteiger partial charge in [-0.05, 0) is 6.92 Å². The summed E-state index contributed by atoms with van der Waals surface area (Å²) in [4.78, 5) is 13.8. The summed E-state index contributed by atoms with van der Waals surface area (Å²) in [6.07, 6.45) is 3.89. The third-order valence-electron chi connectivity index (χ3n) is 2.75. The summed E-state index contributed by atoms with van der Waals surface area (Å²) < 4.78 is 1.68. The Morgan fingerprint density at radius 2 is 2.50 bits per heavy atom. The van der Waals surface area contributed by atoms with Crippen molar-refractivity contribution in [2.24, 2.45) is 0 Å². The quantitative estimate of drug-likeness (QED) is 0.749. The van der Waals surface area contributed by atoms with E-state index in [0.29, 0.717) is 19.0 Å². The number of carbonyl (C=O) groups is 1. The summed E-state index contributed by atoms with van der Waals surface area (Å²) in [5, 5.41) is 10.8. The van der Waals surface area contributed by atoms with E-state index in [1.807, 2.05) is 4.90 Å². The molecule has 2 rings (SSSR count). The van der Waals surface area contributed by atoms with Crippen LogP contribution in [0.15, 0.2) is 12.4 Å². The van der Waals surface area contributed by atoms with Crippen LogP contribution in [0.5, 0.6) is 0 Å². The number of amides is 1. The van der Waals surface area contributed by atoms with Gasteiger partial charge < -0.3 is 10.2 Å². The monoisotopic (exact) mass is 223 g/mol. The van der Waals surface area contributed by atoms with Crippen molar-refractivity contribution < 1.29 is 4.79 Å². The van der Waals surface area contributed by atoms with Gasteiger partial charge in [-0.2, -0.15) is 0 Å². The molecule has 1 N–H and O–H groups in total.